The Balaban J connectivity index is 1.83. The van der Waals surface area contributed by atoms with Gasteiger partial charge in [-0.25, -0.2) is 4.99 Å². The highest BCUT2D eigenvalue weighted by molar-refractivity contribution is 14.1. The van der Waals surface area contributed by atoms with Gasteiger partial charge < -0.3 is 14.8 Å². The molecule has 1 fully saturated rings. The van der Waals surface area contributed by atoms with E-state index < -0.39 is 0 Å². The maximum Gasteiger partial charge on any atom is 0.264 e. The standard InChI is InChI=1S/C18H14I2N2O3S/c1-24-12-5-3-11(4-6-12)21-18-22-17(23)15(26-18)9-10-7-13(19)16(25-2)14(20)8-10/h3-9H,1-2H3,(H,21,22,23)/b15-9+. The molecule has 3 rings (SSSR count). The number of amidine groups is 1. The summed E-state index contributed by atoms with van der Waals surface area (Å²) in [6.45, 7) is 0. The average Bonchev–Trinajstić information content (AvgIpc) is 2.94. The summed E-state index contributed by atoms with van der Waals surface area (Å²) >= 11 is 5.78. The van der Waals surface area contributed by atoms with Gasteiger partial charge in [-0.2, -0.15) is 0 Å². The number of rotatable bonds is 4. The molecule has 0 spiro atoms. The summed E-state index contributed by atoms with van der Waals surface area (Å²) in [6, 6.07) is 11.3. The van der Waals surface area contributed by atoms with E-state index in [2.05, 4.69) is 55.5 Å². The topological polar surface area (TPSA) is 59.9 Å². The second kappa shape index (κ2) is 8.61. The van der Waals surface area contributed by atoms with Gasteiger partial charge in [-0.05, 0) is 105 Å². The molecule has 1 saturated heterocycles. The molecule has 26 heavy (non-hydrogen) atoms. The summed E-state index contributed by atoms with van der Waals surface area (Å²) in [5, 5.41) is 3.36. The predicted octanol–water partition coefficient (Wildman–Crippen LogP) is 4.80. The number of hydrogen-bond acceptors (Lipinski definition) is 5. The van der Waals surface area contributed by atoms with Crippen molar-refractivity contribution >= 4 is 79.8 Å². The fraction of sp³-hybridized carbons (Fsp3) is 0.111. The molecular formula is C18H14I2N2O3S. The lowest BCUT2D eigenvalue weighted by atomic mass is 10.2. The molecule has 2 aromatic rings. The van der Waals surface area contributed by atoms with E-state index in [9.17, 15) is 4.79 Å². The molecule has 0 aliphatic carbocycles. The summed E-state index contributed by atoms with van der Waals surface area (Å²) in [5.41, 5.74) is 1.70. The number of benzene rings is 2. The van der Waals surface area contributed by atoms with Gasteiger partial charge in [0.25, 0.3) is 5.91 Å². The van der Waals surface area contributed by atoms with Gasteiger partial charge in [0.2, 0.25) is 0 Å². The number of nitrogens with zero attached hydrogens (tertiary/aromatic N) is 1. The van der Waals surface area contributed by atoms with Gasteiger partial charge >= 0.3 is 0 Å². The zero-order valence-corrected chi connectivity index (χ0v) is 19.0. The highest BCUT2D eigenvalue weighted by atomic mass is 127. The van der Waals surface area contributed by atoms with Gasteiger partial charge in [0, 0.05) is 0 Å². The third-order valence-electron chi connectivity index (χ3n) is 3.48. The summed E-state index contributed by atoms with van der Waals surface area (Å²) < 4.78 is 12.5. The Kier molecular flexibility index (Phi) is 6.46. The Labute approximate surface area is 182 Å². The lowest BCUT2D eigenvalue weighted by Gasteiger charge is -2.07. The van der Waals surface area contributed by atoms with E-state index in [1.807, 2.05) is 42.5 Å². The van der Waals surface area contributed by atoms with Gasteiger partial charge in [0.05, 0.1) is 32.0 Å². The second-order valence-electron chi connectivity index (χ2n) is 5.20. The molecule has 0 bridgehead atoms. The first-order valence-corrected chi connectivity index (χ1v) is 10.4. The number of aliphatic imine (C=N–C) groups is 1. The molecule has 0 saturated carbocycles. The zero-order chi connectivity index (χ0) is 18.7. The fourth-order valence-electron chi connectivity index (χ4n) is 2.26. The minimum Gasteiger partial charge on any atom is -0.497 e. The first kappa shape index (κ1) is 19.5. The van der Waals surface area contributed by atoms with Crippen molar-refractivity contribution in [1.29, 1.82) is 0 Å². The average molecular weight is 592 g/mol. The van der Waals surface area contributed by atoms with Crippen LogP contribution in [0, 0.1) is 7.14 Å². The molecule has 0 atom stereocenters. The molecule has 2 aromatic carbocycles. The molecule has 5 nitrogen and oxygen atoms in total. The molecule has 0 radical (unpaired) electrons. The Morgan fingerprint density at radius 2 is 1.73 bits per heavy atom. The molecule has 1 aliphatic heterocycles. The Bertz CT molecular complexity index is 888. The van der Waals surface area contributed by atoms with Crippen LogP contribution in [0.2, 0.25) is 0 Å². The van der Waals surface area contributed by atoms with E-state index in [-0.39, 0.29) is 5.91 Å². The quantitative estimate of drug-likeness (QED) is 0.410. The third kappa shape index (κ3) is 4.52. The number of nitrogens with one attached hydrogen (secondary N) is 1. The lowest BCUT2D eigenvalue weighted by molar-refractivity contribution is -0.115. The monoisotopic (exact) mass is 592 g/mol. The summed E-state index contributed by atoms with van der Waals surface area (Å²) in [6.07, 6.45) is 1.86. The SMILES string of the molecule is COc1ccc(N=C2NC(=O)/C(=C\c3cc(I)c(OC)c(I)c3)S2)cc1. The van der Waals surface area contributed by atoms with Crippen molar-refractivity contribution in [3.05, 3.63) is 54.0 Å². The van der Waals surface area contributed by atoms with Crippen LogP contribution in [0.1, 0.15) is 5.56 Å². The molecule has 0 aromatic heterocycles. The molecule has 1 aliphatic rings. The van der Waals surface area contributed by atoms with Crippen LogP contribution in [0.5, 0.6) is 11.5 Å². The van der Waals surface area contributed by atoms with Gasteiger partial charge in [-0.15, -0.1) is 0 Å². The fourth-order valence-corrected chi connectivity index (χ4v) is 5.36. The number of halogens is 2. The lowest BCUT2D eigenvalue weighted by Crippen LogP contribution is -2.19. The van der Waals surface area contributed by atoms with E-state index in [0.29, 0.717) is 10.1 Å². The van der Waals surface area contributed by atoms with Crippen molar-refractivity contribution in [1.82, 2.24) is 5.32 Å². The van der Waals surface area contributed by atoms with Crippen molar-refractivity contribution in [2.45, 2.75) is 0 Å². The molecule has 134 valence electrons. The van der Waals surface area contributed by atoms with Crippen LogP contribution in [-0.4, -0.2) is 25.3 Å². The van der Waals surface area contributed by atoms with E-state index in [0.717, 1.165) is 29.9 Å². The van der Waals surface area contributed by atoms with Crippen LogP contribution < -0.4 is 14.8 Å². The van der Waals surface area contributed by atoms with E-state index in [1.54, 1.807) is 14.2 Å². The maximum atomic E-state index is 12.2. The third-order valence-corrected chi connectivity index (χ3v) is 5.99. The van der Waals surface area contributed by atoms with Crippen LogP contribution in [0.15, 0.2) is 46.3 Å². The van der Waals surface area contributed by atoms with Gasteiger partial charge in [-0.1, -0.05) is 0 Å². The predicted molar refractivity (Wildman–Crippen MR) is 122 cm³/mol. The van der Waals surface area contributed by atoms with Crippen molar-refractivity contribution in [2.24, 2.45) is 4.99 Å². The number of thioether (sulfide) groups is 1. The van der Waals surface area contributed by atoms with Gasteiger partial charge in [0.1, 0.15) is 11.5 Å². The molecule has 1 amide bonds. The molecular weight excluding hydrogens is 578 g/mol. The number of carbonyl (C=O) groups is 1. The maximum absolute atomic E-state index is 12.2. The van der Waals surface area contributed by atoms with Crippen LogP contribution in [0.3, 0.4) is 0 Å². The Morgan fingerprint density at radius 1 is 1.08 bits per heavy atom. The normalized spacial score (nSPS) is 16.8. The number of hydrogen-bond donors (Lipinski definition) is 1. The highest BCUT2D eigenvalue weighted by Gasteiger charge is 2.24. The van der Waals surface area contributed by atoms with E-state index in [4.69, 9.17) is 9.47 Å². The number of ether oxygens (including phenoxy) is 2. The summed E-state index contributed by atoms with van der Waals surface area (Å²) in [5.74, 6) is 1.46. The molecule has 1 N–H and O–H groups in total. The summed E-state index contributed by atoms with van der Waals surface area (Å²) in [4.78, 5) is 17.3. The second-order valence-corrected chi connectivity index (χ2v) is 8.55. The van der Waals surface area contributed by atoms with Crippen molar-refractivity contribution in [2.75, 3.05) is 14.2 Å². The number of carbonyl (C=O) groups excluding carboxylic acids is 1. The molecule has 8 heteroatoms. The van der Waals surface area contributed by atoms with Crippen LogP contribution >= 0.6 is 56.9 Å². The largest absolute Gasteiger partial charge is 0.497 e. The zero-order valence-electron chi connectivity index (χ0n) is 13.9. The minimum atomic E-state index is -0.150. The van der Waals surface area contributed by atoms with E-state index >= 15 is 0 Å². The molecule has 0 unspecified atom stereocenters. The first-order valence-electron chi connectivity index (χ1n) is 7.47. The first-order chi connectivity index (χ1) is 12.5. The van der Waals surface area contributed by atoms with Gasteiger partial charge in [0.15, 0.2) is 5.17 Å². The van der Waals surface area contributed by atoms with Crippen molar-refractivity contribution in [3.8, 4) is 11.5 Å². The Morgan fingerprint density at radius 3 is 2.31 bits per heavy atom. The minimum absolute atomic E-state index is 0.150. The molecule has 1 heterocycles. The van der Waals surface area contributed by atoms with Crippen LogP contribution in [-0.2, 0) is 4.79 Å². The highest BCUT2D eigenvalue weighted by Crippen LogP contribution is 2.32. The van der Waals surface area contributed by atoms with Crippen molar-refractivity contribution < 1.29 is 14.3 Å². The smallest absolute Gasteiger partial charge is 0.264 e. The van der Waals surface area contributed by atoms with Crippen LogP contribution in [0.25, 0.3) is 6.08 Å². The van der Waals surface area contributed by atoms with E-state index in [1.165, 1.54) is 11.8 Å². The van der Waals surface area contributed by atoms with Gasteiger partial charge in [-0.3, -0.25) is 4.79 Å². The van der Waals surface area contributed by atoms with Crippen LogP contribution in [0.4, 0.5) is 5.69 Å². The summed E-state index contributed by atoms with van der Waals surface area (Å²) in [7, 11) is 3.27. The number of methoxy groups -OCH3 is 2. The Hall–Kier alpha value is -1.27. The van der Waals surface area contributed by atoms with Crippen molar-refractivity contribution in [3.63, 3.8) is 0 Å². The number of amides is 1.